The van der Waals surface area contributed by atoms with Crippen molar-refractivity contribution >= 4 is 23.4 Å². The molecule has 9 nitrogen and oxygen atoms in total. The smallest absolute Gasteiger partial charge is 0.257 e. The molecule has 1 aromatic carbocycles. The standard InChI is InChI=1S/C22H31N3O6/c1-4-9-23-20(26)11-15-6-7-17-19(31-15)12-30-18-8-5-14(24-21(27)13-29-3)10-16(18)22(28)25(17)2/h5,8,10,15,17,19H,4,6-7,9,11-13H2,1-3H3,(H,23,26)(H,24,27)/t15-,17+,19-/m0/s1. The minimum atomic E-state index is -0.319. The molecule has 0 aliphatic carbocycles. The number of nitrogens with one attached hydrogen (secondary N) is 2. The van der Waals surface area contributed by atoms with E-state index in [1.165, 1.54) is 7.11 Å². The maximum Gasteiger partial charge on any atom is 0.257 e. The number of likely N-dealkylation sites (N-methyl/N-ethyl adjacent to an activating group) is 1. The molecule has 2 N–H and O–H groups in total. The molecule has 2 aliphatic heterocycles. The van der Waals surface area contributed by atoms with Gasteiger partial charge in [-0.3, -0.25) is 14.4 Å². The van der Waals surface area contributed by atoms with E-state index in [4.69, 9.17) is 14.2 Å². The number of hydrogen-bond donors (Lipinski definition) is 2. The van der Waals surface area contributed by atoms with Gasteiger partial charge in [-0.1, -0.05) is 6.92 Å². The third kappa shape index (κ3) is 5.74. The van der Waals surface area contributed by atoms with Gasteiger partial charge in [0.15, 0.2) is 0 Å². The van der Waals surface area contributed by atoms with Gasteiger partial charge in [-0.05, 0) is 37.5 Å². The lowest BCUT2D eigenvalue weighted by Crippen LogP contribution is -2.54. The summed E-state index contributed by atoms with van der Waals surface area (Å²) in [5.74, 6) is -0.0820. The minimum Gasteiger partial charge on any atom is -0.490 e. The first kappa shape index (κ1) is 23.0. The van der Waals surface area contributed by atoms with Gasteiger partial charge in [0.1, 0.15) is 25.1 Å². The summed E-state index contributed by atoms with van der Waals surface area (Å²) in [4.78, 5) is 38.7. The van der Waals surface area contributed by atoms with E-state index < -0.39 is 0 Å². The van der Waals surface area contributed by atoms with Crippen LogP contribution in [0.5, 0.6) is 5.75 Å². The number of rotatable bonds is 7. The number of hydrogen-bond acceptors (Lipinski definition) is 6. The van der Waals surface area contributed by atoms with E-state index in [1.54, 1.807) is 30.1 Å². The Hall–Kier alpha value is -2.65. The molecule has 2 aliphatic rings. The van der Waals surface area contributed by atoms with Crippen molar-refractivity contribution in [3.8, 4) is 5.75 Å². The van der Waals surface area contributed by atoms with Crippen LogP contribution in [-0.4, -0.2) is 74.8 Å². The van der Waals surface area contributed by atoms with Gasteiger partial charge in [-0.15, -0.1) is 0 Å². The number of nitrogens with zero attached hydrogens (tertiary/aromatic N) is 1. The molecule has 1 aromatic rings. The Kier molecular flexibility index (Phi) is 7.86. The van der Waals surface area contributed by atoms with Crippen LogP contribution in [0.2, 0.25) is 0 Å². The van der Waals surface area contributed by atoms with Crippen molar-refractivity contribution in [3.05, 3.63) is 23.8 Å². The average Bonchev–Trinajstić information content (AvgIpc) is 2.75. The first-order valence-electron chi connectivity index (χ1n) is 10.7. The second-order valence-corrected chi connectivity index (χ2v) is 7.91. The van der Waals surface area contributed by atoms with Crippen LogP contribution in [0.15, 0.2) is 18.2 Å². The SMILES string of the molecule is CCCNC(=O)C[C@@H]1CC[C@@H]2[C@H](COc3ccc(NC(=O)COC)cc3C(=O)N2C)O1. The zero-order valence-corrected chi connectivity index (χ0v) is 18.3. The van der Waals surface area contributed by atoms with Gasteiger partial charge in [-0.25, -0.2) is 0 Å². The molecule has 0 radical (unpaired) electrons. The molecule has 0 aromatic heterocycles. The molecule has 1 fully saturated rings. The number of benzene rings is 1. The average molecular weight is 434 g/mol. The van der Waals surface area contributed by atoms with Gasteiger partial charge in [-0.2, -0.15) is 0 Å². The molecule has 0 saturated carbocycles. The summed E-state index contributed by atoms with van der Waals surface area (Å²) >= 11 is 0. The second kappa shape index (κ2) is 10.6. The van der Waals surface area contributed by atoms with Crippen LogP contribution in [-0.2, 0) is 19.1 Å². The van der Waals surface area contributed by atoms with Crippen molar-refractivity contribution in [2.24, 2.45) is 0 Å². The summed E-state index contributed by atoms with van der Waals surface area (Å²) in [6.07, 6.45) is 2.10. The predicted octanol–water partition coefficient (Wildman–Crippen LogP) is 1.57. The summed E-state index contributed by atoms with van der Waals surface area (Å²) in [6, 6.07) is 4.82. The lowest BCUT2D eigenvalue weighted by atomic mass is 9.94. The Balaban J connectivity index is 1.71. The summed E-state index contributed by atoms with van der Waals surface area (Å²) in [7, 11) is 3.19. The quantitative estimate of drug-likeness (QED) is 0.676. The zero-order valence-electron chi connectivity index (χ0n) is 18.3. The van der Waals surface area contributed by atoms with Gasteiger partial charge in [0.05, 0.1) is 24.1 Å². The van der Waals surface area contributed by atoms with Crippen LogP contribution >= 0.6 is 0 Å². The van der Waals surface area contributed by atoms with Crippen molar-refractivity contribution in [1.82, 2.24) is 10.2 Å². The molecule has 170 valence electrons. The molecule has 1 saturated heterocycles. The van der Waals surface area contributed by atoms with Crippen LogP contribution in [0.3, 0.4) is 0 Å². The van der Waals surface area contributed by atoms with Crippen molar-refractivity contribution in [2.45, 2.75) is 50.9 Å². The summed E-state index contributed by atoms with van der Waals surface area (Å²) in [5.41, 5.74) is 0.888. The maximum absolute atomic E-state index is 13.2. The Morgan fingerprint density at radius 3 is 2.81 bits per heavy atom. The van der Waals surface area contributed by atoms with Crippen molar-refractivity contribution in [3.63, 3.8) is 0 Å². The van der Waals surface area contributed by atoms with E-state index in [0.717, 1.165) is 12.8 Å². The second-order valence-electron chi connectivity index (χ2n) is 7.91. The number of amides is 3. The highest BCUT2D eigenvalue weighted by Crippen LogP contribution is 2.32. The lowest BCUT2D eigenvalue weighted by Gasteiger charge is -2.42. The number of fused-ring (bicyclic) bond motifs is 2. The largest absolute Gasteiger partial charge is 0.490 e. The van der Waals surface area contributed by atoms with E-state index in [9.17, 15) is 14.4 Å². The fourth-order valence-electron chi connectivity index (χ4n) is 3.98. The summed E-state index contributed by atoms with van der Waals surface area (Å²) in [6.45, 7) is 2.87. The van der Waals surface area contributed by atoms with E-state index in [0.29, 0.717) is 36.4 Å². The van der Waals surface area contributed by atoms with Crippen LogP contribution in [0, 0.1) is 0 Å². The molecule has 0 spiro atoms. The predicted molar refractivity (Wildman–Crippen MR) is 114 cm³/mol. The summed E-state index contributed by atoms with van der Waals surface area (Å²) < 4.78 is 16.9. The van der Waals surface area contributed by atoms with E-state index in [-0.39, 0.29) is 49.2 Å². The molecule has 0 unspecified atom stereocenters. The normalized spacial score (nSPS) is 23.0. The molecule has 2 heterocycles. The highest BCUT2D eigenvalue weighted by molar-refractivity contribution is 6.00. The molecular formula is C22H31N3O6. The molecule has 0 bridgehead atoms. The molecular weight excluding hydrogens is 402 g/mol. The number of anilines is 1. The van der Waals surface area contributed by atoms with Gasteiger partial charge < -0.3 is 29.7 Å². The fraction of sp³-hybridized carbons (Fsp3) is 0.591. The number of carbonyl (C=O) groups excluding carboxylic acids is 3. The first-order valence-corrected chi connectivity index (χ1v) is 10.7. The molecule has 9 heteroatoms. The van der Waals surface area contributed by atoms with Crippen LogP contribution in [0.1, 0.15) is 43.0 Å². The van der Waals surface area contributed by atoms with E-state index >= 15 is 0 Å². The van der Waals surface area contributed by atoms with E-state index in [1.807, 2.05) is 6.92 Å². The molecule has 31 heavy (non-hydrogen) atoms. The van der Waals surface area contributed by atoms with Gasteiger partial charge in [0.25, 0.3) is 5.91 Å². The zero-order chi connectivity index (χ0) is 22.4. The topological polar surface area (TPSA) is 106 Å². The highest BCUT2D eigenvalue weighted by Gasteiger charge is 2.39. The molecule has 3 atom stereocenters. The Morgan fingerprint density at radius 2 is 2.06 bits per heavy atom. The molecule has 3 amide bonds. The first-order chi connectivity index (χ1) is 14.9. The number of methoxy groups -OCH3 is 1. The van der Waals surface area contributed by atoms with E-state index in [2.05, 4.69) is 10.6 Å². The Labute approximate surface area is 182 Å². The monoisotopic (exact) mass is 433 g/mol. The fourth-order valence-corrected chi connectivity index (χ4v) is 3.98. The van der Waals surface area contributed by atoms with Gasteiger partial charge in [0, 0.05) is 26.4 Å². The van der Waals surface area contributed by atoms with Crippen molar-refractivity contribution in [1.29, 1.82) is 0 Å². The third-order valence-electron chi connectivity index (χ3n) is 5.56. The molecule has 3 rings (SSSR count). The lowest BCUT2D eigenvalue weighted by molar-refractivity contribution is -0.134. The Bertz CT molecular complexity index is 814. The third-order valence-corrected chi connectivity index (χ3v) is 5.56. The van der Waals surface area contributed by atoms with Crippen molar-refractivity contribution in [2.75, 3.05) is 39.2 Å². The van der Waals surface area contributed by atoms with Crippen LogP contribution in [0.4, 0.5) is 5.69 Å². The van der Waals surface area contributed by atoms with Gasteiger partial charge >= 0.3 is 0 Å². The minimum absolute atomic E-state index is 0.0186. The Morgan fingerprint density at radius 1 is 1.26 bits per heavy atom. The van der Waals surface area contributed by atoms with Crippen LogP contribution < -0.4 is 15.4 Å². The highest BCUT2D eigenvalue weighted by atomic mass is 16.5. The number of carbonyl (C=O) groups is 3. The summed E-state index contributed by atoms with van der Waals surface area (Å²) in [5, 5.41) is 5.58. The maximum atomic E-state index is 13.2. The van der Waals surface area contributed by atoms with Crippen LogP contribution in [0.25, 0.3) is 0 Å². The van der Waals surface area contributed by atoms with Gasteiger partial charge in [0.2, 0.25) is 11.8 Å². The number of ether oxygens (including phenoxy) is 3. The van der Waals surface area contributed by atoms with Crippen molar-refractivity contribution < 1.29 is 28.6 Å².